The van der Waals surface area contributed by atoms with E-state index in [-0.39, 0.29) is 34.6 Å². The molecule has 0 unspecified atom stereocenters. The molecular weight excluding hydrogens is 484 g/mol. The summed E-state index contributed by atoms with van der Waals surface area (Å²) in [6.45, 7) is 0.640. The number of likely N-dealkylation sites (tertiary alicyclic amines) is 1. The molecule has 0 aromatic heterocycles. The number of hydrogen-bond acceptors (Lipinski definition) is 3. The van der Waals surface area contributed by atoms with Crippen LogP contribution in [-0.4, -0.2) is 31.8 Å². The molecule has 10 heteroatoms. The summed E-state index contributed by atoms with van der Waals surface area (Å²) in [5.41, 5.74) is 0.00422. The number of nitrogens with zero attached hydrogens (tertiary/aromatic N) is 1. The maximum atomic E-state index is 13.4. The molecule has 1 heterocycles. The molecular formula is C25H28F4N2O3S. The molecule has 2 aromatic rings. The number of carbonyl (C=O) groups excluding carboxylic acids is 1. The standard InChI is InChI=1S/C25H28F4N2O3S/c26-20-10-4-17(5-11-20)23-3-1-2-16-31(23)24(32)18-6-12-21(13-7-18)30-35(33,34)22-14-8-19(9-15-22)25(27,28)29/h4-5,8-11,14-15,18,21,23,30H,1-3,6-7,12-13,16H2/t18-,21-,23-/m1/s1. The summed E-state index contributed by atoms with van der Waals surface area (Å²) in [4.78, 5) is 15.0. The lowest BCUT2D eigenvalue weighted by Crippen LogP contribution is -2.45. The highest BCUT2D eigenvalue weighted by molar-refractivity contribution is 7.89. The minimum Gasteiger partial charge on any atom is -0.335 e. The van der Waals surface area contributed by atoms with E-state index >= 15 is 0 Å². The zero-order valence-corrected chi connectivity index (χ0v) is 19.9. The van der Waals surface area contributed by atoms with E-state index in [1.807, 2.05) is 4.90 Å². The molecule has 1 aliphatic heterocycles. The Morgan fingerprint density at radius 3 is 2.11 bits per heavy atom. The maximum Gasteiger partial charge on any atom is 0.416 e. The fraction of sp³-hybridized carbons (Fsp3) is 0.480. The zero-order valence-electron chi connectivity index (χ0n) is 19.1. The summed E-state index contributed by atoms with van der Waals surface area (Å²) in [6, 6.07) is 9.17. The molecule has 1 amide bonds. The van der Waals surface area contributed by atoms with E-state index < -0.39 is 21.8 Å². The Hall–Kier alpha value is -2.46. The van der Waals surface area contributed by atoms with Gasteiger partial charge in [0.1, 0.15) is 5.82 Å². The summed E-state index contributed by atoms with van der Waals surface area (Å²) in [5, 5.41) is 0. The average Bonchev–Trinajstić information content (AvgIpc) is 2.84. The van der Waals surface area contributed by atoms with Crippen molar-refractivity contribution in [2.45, 2.75) is 68.1 Å². The smallest absolute Gasteiger partial charge is 0.335 e. The first-order valence-corrected chi connectivity index (χ1v) is 13.3. The number of carbonyl (C=O) groups is 1. The van der Waals surface area contributed by atoms with E-state index in [9.17, 15) is 30.8 Å². The number of halogens is 4. The topological polar surface area (TPSA) is 66.5 Å². The summed E-state index contributed by atoms with van der Waals surface area (Å²) >= 11 is 0. The van der Waals surface area contributed by atoms with Gasteiger partial charge in [0.15, 0.2) is 0 Å². The van der Waals surface area contributed by atoms with Crippen LogP contribution in [0, 0.1) is 11.7 Å². The van der Waals surface area contributed by atoms with E-state index in [1.54, 1.807) is 12.1 Å². The van der Waals surface area contributed by atoms with Crippen LogP contribution in [0.5, 0.6) is 0 Å². The maximum absolute atomic E-state index is 13.4. The SMILES string of the molecule is O=C([C@H]1CC[C@H](NS(=O)(=O)c2ccc(C(F)(F)F)cc2)CC1)N1CCCC[C@@H]1c1ccc(F)cc1. The minimum absolute atomic E-state index is 0.0445. The fourth-order valence-electron chi connectivity index (χ4n) is 5.03. The molecule has 1 atom stereocenters. The third kappa shape index (κ3) is 6.03. The number of sulfonamides is 1. The highest BCUT2D eigenvalue weighted by atomic mass is 32.2. The van der Waals surface area contributed by atoms with E-state index in [4.69, 9.17) is 0 Å². The Morgan fingerprint density at radius 1 is 0.886 bits per heavy atom. The molecule has 0 radical (unpaired) electrons. The van der Waals surface area contributed by atoms with Crippen molar-refractivity contribution < 1.29 is 30.8 Å². The second-order valence-corrected chi connectivity index (χ2v) is 11.0. The number of piperidine rings is 1. The Morgan fingerprint density at radius 2 is 1.51 bits per heavy atom. The van der Waals surface area contributed by atoms with E-state index in [2.05, 4.69) is 4.72 Å². The average molecular weight is 513 g/mol. The number of hydrogen-bond donors (Lipinski definition) is 1. The molecule has 1 saturated heterocycles. The Labute approximate surface area is 202 Å². The van der Waals surface area contributed by atoms with Gasteiger partial charge in [0.05, 0.1) is 16.5 Å². The van der Waals surface area contributed by atoms with Crippen molar-refractivity contribution in [1.82, 2.24) is 9.62 Å². The molecule has 2 aromatic carbocycles. The zero-order chi connectivity index (χ0) is 25.2. The van der Waals surface area contributed by atoms with Crippen LogP contribution in [0.25, 0.3) is 0 Å². The highest BCUT2D eigenvalue weighted by Crippen LogP contribution is 2.35. The fourth-order valence-corrected chi connectivity index (χ4v) is 6.34. The van der Waals surface area contributed by atoms with Gasteiger partial charge in [-0.2, -0.15) is 13.2 Å². The first kappa shape index (κ1) is 25.6. The van der Waals surface area contributed by atoms with Crippen LogP contribution in [-0.2, 0) is 21.0 Å². The van der Waals surface area contributed by atoms with Crippen LogP contribution in [0.2, 0.25) is 0 Å². The van der Waals surface area contributed by atoms with Gasteiger partial charge in [0.2, 0.25) is 15.9 Å². The molecule has 2 aliphatic rings. The van der Waals surface area contributed by atoms with Crippen LogP contribution < -0.4 is 4.72 Å². The number of nitrogens with one attached hydrogen (secondary N) is 1. The molecule has 1 N–H and O–H groups in total. The van der Waals surface area contributed by atoms with Crippen LogP contribution >= 0.6 is 0 Å². The van der Waals surface area contributed by atoms with Crippen molar-refractivity contribution in [2.75, 3.05) is 6.54 Å². The summed E-state index contributed by atoms with van der Waals surface area (Å²) in [7, 11) is -3.97. The number of alkyl halides is 3. The van der Waals surface area contributed by atoms with Gasteiger partial charge in [0.25, 0.3) is 0 Å². The normalized spacial score (nSPS) is 23.8. The summed E-state index contributed by atoms with van der Waals surface area (Å²) in [6.07, 6.45) is 0.147. The molecule has 5 nitrogen and oxygen atoms in total. The van der Waals surface area contributed by atoms with Crippen LogP contribution in [0.1, 0.15) is 62.1 Å². The van der Waals surface area contributed by atoms with Gasteiger partial charge in [0, 0.05) is 18.5 Å². The molecule has 1 aliphatic carbocycles. The third-order valence-electron chi connectivity index (χ3n) is 6.93. The first-order valence-electron chi connectivity index (χ1n) is 11.8. The van der Waals surface area contributed by atoms with Crippen molar-refractivity contribution in [2.24, 2.45) is 5.92 Å². The number of benzene rings is 2. The van der Waals surface area contributed by atoms with Crippen molar-refractivity contribution in [3.8, 4) is 0 Å². The second-order valence-electron chi connectivity index (χ2n) is 9.29. The van der Waals surface area contributed by atoms with Gasteiger partial charge in [-0.3, -0.25) is 4.79 Å². The van der Waals surface area contributed by atoms with Crippen molar-refractivity contribution >= 4 is 15.9 Å². The Kier molecular flexibility index (Phi) is 7.51. The van der Waals surface area contributed by atoms with Gasteiger partial charge in [-0.1, -0.05) is 12.1 Å². The minimum atomic E-state index is -4.54. The lowest BCUT2D eigenvalue weighted by Gasteiger charge is -2.39. The van der Waals surface area contributed by atoms with Crippen molar-refractivity contribution in [3.05, 3.63) is 65.5 Å². The quantitative estimate of drug-likeness (QED) is 0.543. The molecule has 190 valence electrons. The lowest BCUT2D eigenvalue weighted by molar-refractivity contribution is -0.140. The molecule has 2 fully saturated rings. The molecule has 0 spiro atoms. The molecule has 35 heavy (non-hydrogen) atoms. The third-order valence-corrected chi connectivity index (χ3v) is 8.47. The molecule has 1 saturated carbocycles. The first-order chi connectivity index (χ1) is 16.5. The van der Waals surface area contributed by atoms with Crippen molar-refractivity contribution in [3.63, 3.8) is 0 Å². The van der Waals surface area contributed by atoms with Gasteiger partial charge >= 0.3 is 6.18 Å². The van der Waals surface area contributed by atoms with Crippen molar-refractivity contribution in [1.29, 1.82) is 0 Å². The lowest BCUT2D eigenvalue weighted by atomic mass is 9.84. The Balaban J connectivity index is 1.36. The monoisotopic (exact) mass is 512 g/mol. The van der Waals surface area contributed by atoms with Gasteiger partial charge < -0.3 is 4.90 Å². The van der Waals surface area contributed by atoms with Gasteiger partial charge in [-0.05, 0) is 86.9 Å². The van der Waals surface area contributed by atoms with Crippen LogP contribution in [0.4, 0.5) is 17.6 Å². The van der Waals surface area contributed by atoms with E-state index in [0.717, 1.165) is 49.1 Å². The van der Waals surface area contributed by atoms with E-state index in [0.29, 0.717) is 32.2 Å². The molecule has 4 rings (SSSR count). The predicted octanol–water partition coefficient (Wildman–Crippen LogP) is 5.44. The van der Waals surface area contributed by atoms with Gasteiger partial charge in [-0.15, -0.1) is 0 Å². The number of rotatable bonds is 5. The number of amides is 1. The predicted molar refractivity (Wildman–Crippen MR) is 122 cm³/mol. The second kappa shape index (κ2) is 10.3. The van der Waals surface area contributed by atoms with E-state index in [1.165, 1.54) is 12.1 Å². The molecule has 0 bridgehead atoms. The summed E-state index contributed by atoms with van der Waals surface area (Å²) in [5.74, 6) is -0.495. The Bertz CT molecular complexity index is 1130. The highest BCUT2D eigenvalue weighted by Gasteiger charge is 2.36. The van der Waals surface area contributed by atoms with Crippen LogP contribution in [0.3, 0.4) is 0 Å². The summed E-state index contributed by atoms with van der Waals surface area (Å²) < 4.78 is 79.5. The van der Waals surface area contributed by atoms with Crippen LogP contribution in [0.15, 0.2) is 53.4 Å². The largest absolute Gasteiger partial charge is 0.416 e. The van der Waals surface area contributed by atoms with Gasteiger partial charge in [-0.25, -0.2) is 17.5 Å².